The second-order valence-electron chi connectivity index (χ2n) is 3.05. The Morgan fingerprint density at radius 1 is 1.40 bits per heavy atom. The van der Waals surface area contributed by atoms with Crippen LogP contribution in [-0.4, -0.2) is 34.2 Å². The number of urea groups is 1. The Kier molecular flexibility index (Phi) is 4.08. The Morgan fingerprint density at radius 3 is 2.53 bits per heavy atom. The smallest absolute Gasteiger partial charge is 0.317 e. The molecule has 1 rings (SSSR count). The van der Waals surface area contributed by atoms with Gasteiger partial charge in [-0.25, -0.2) is 4.79 Å². The number of aryl methyl sites for hydroxylation is 1. The van der Waals surface area contributed by atoms with Gasteiger partial charge in [0.2, 0.25) is 11.8 Å². The van der Waals surface area contributed by atoms with E-state index in [1.54, 1.807) is 11.8 Å². The molecule has 0 aromatic carbocycles. The van der Waals surface area contributed by atoms with Crippen molar-refractivity contribution in [2.45, 2.75) is 27.3 Å². The SMILES string of the molecule is CCN(CC)C(=O)NCc1nnc(C)o1. The van der Waals surface area contributed by atoms with E-state index in [0.717, 1.165) is 0 Å². The first-order chi connectivity index (χ1) is 7.17. The minimum Gasteiger partial charge on any atom is -0.424 e. The molecular weight excluding hydrogens is 196 g/mol. The second-order valence-corrected chi connectivity index (χ2v) is 3.05. The van der Waals surface area contributed by atoms with Crippen molar-refractivity contribution in [2.24, 2.45) is 0 Å². The number of carbonyl (C=O) groups excluding carboxylic acids is 1. The molecule has 0 aliphatic heterocycles. The van der Waals surface area contributed by atoms with Crippen LogP contribution in [-0.2, 0) is 6.54 Å². The minimum atomic E-state index is -0.115. The van der Waals surface area contributed by atoms with Gasteiger partial charge in [0.25, 0.3) is 0 Å². The Morgan fingerprint density at radius 2 is 2.07 bits per heavy atom. The number of carbonyl (C=O) groups is 1. The predicted molar refractivity (Wildman–Crippen MR) is 54.2 cm³/mol. The van der Waals surface area contributed by atoms with Crippen LogP contribution in [0.1, 0.15) is 25.6 Å². The molecular formula is C9H16N4O2. The zero-order valence-corrected chi connectivity index (χ0v) is 9.28. The summed E-state index contributed by atoms with van der Waals surface area (Å²) in [6.07, 6.45) is 0. The van der Waals surface area contributed by atoms with Crippen molar-refractivity contribution in [3.8, 4) is 0 Å². The molecule has 15 heavy (non-hydrogen) atoms. The van der Waals surface area contributed by atoms with Gasteiger partial charge in [-0.1, -0.05) is 0 Å². The first kappa shape index (κ1) is 11.5. The number of aromatic nitrogens is 2. The largest absolute Gasteiger partial charge is 0.424 e. The van der Waals surface area contributed by atoms with Crippen LogP contribution >= 0.6 is 0 Å². The second kappa shape index (κ2) is 5.33. The van der Waals surface area contributed by atoms with Gasteiger partial charge in [-0.15, -0.1) is 10.2 Å². The summed E-state index contributed by atoms with van der Waals surface area (Å²) < 4.78 is 5.13. The Hall–Kier alpha value is -1.59. The molecule has 0 atom stereocenters. The van der Waals surface area contributed by atoms with Crippen molar-refractivity contribution in [2.75, 3.05) is 13.1 Å². The zero-order valence-electron chi connectivity index (χ0n) is 9.28. The summed E-state index contributed by atoms with van der Waals surface area (Å²) in [4.78, 5) is 13.2. The lowest BCUT2D eigenvalue weighted by Gasteiger charge is -2.18. The zero-order chi connectivity index (χ0) is 11.3. The normalized spacial score (nSPS) is 10.1. The topological polar surface area (TPSA) is 71.3 Å². The van der Waals surface area contributed by atoms with Crippen LogP contribution in [0.15, 0.2) is 4.42 Å². The molecule has 0 aliphatic rings. The highest BCUT2D eigenvalue weighted by atomic mass is 16.4. The van der Waals surface area contributed by atoms with Crippen LogP contribution in [0.2, 0.25) is 0 Å². The number of amides is 2. The van der Waals surface area contributed by atoms with Gasteiger partial charge in [-0.2, -0.15) is 0 Å². The molecule has 0 unspecified atom stereocenters. The Labute approximate surface area is 88.7 Å². The van der Waals surface area contributed by atoms with Crippen molar-refractivity contribution in [3.63, 3.8) is 0 Å². The maximum Gasteiger partial charge on any atom is 0.317 e. The molecule has 0 bridgehead atoms. The summed E-state index contributed by atoms with van der Waals surface area (Å²) in [5.74, 6) is 0.926. The molecule has 0 saturated carbocycles. The summed E-state index contributed by atoms with van der Waals surface area (Å²) in [7, 11) is 0. The van der Waals surface area contributed by atoms with Gasteiger partial charge in [0.1, 0.15) is 0 Å². The quantitative estimate of drug-likeness (QED) is 0.805. The Bertz CT molecular complexity index is 320. The molecule has 1 aromatic heterocycles. The van der Waals surface area contributed by atoms with Gasteiger partial charge >= 0.3 is 6.03 Å². The van der Waals surface area contributed by atoms with E-state index in [-0.39, 0.29) is 12.6 Å². The highest BCUT2D eigenvalue weighted by molar-refractivity contribution is 5.73. The van der Waals surface area contributed by atoms with Crippen LogP contribution in [0.5, 0.6) is 0 Å². The molecule has 84 valence electrons. The number of hydrogen-bond acceptors (Lipinski definition) is 4. The predicted octanol–water partition coefficient (Wildman–Crippen LogP) is 0.929. The third-order valence-electron chi connectivity index (χ3n) is 2.01. The third-order valence-corrected chi connectivity index (χ3v) is 2.01. The van der Waals surface area contributed by atoms with Crippen LogP contribution in [0.4, 0.5) is 4.79 Å². The fraction of sp³-hybridized carbons (Fsp3) is 0.667. The minimum absolute atomic E-state index is 0.115. The van der Waals surface area contributed by atoms with E-state index in [1.807, 2.05) is 13.8 Å². The molecule has 0 fully saturated rings. The van der Waals surface area contributed by atoms with Crippen molar-refractivity contribution in [1.29, 1.82) is 0 Å². The monoisotopic (exact) mass is 212 g/mol. The first-order valence-electron chi connectivity index (χ1n) is 4.99. The molecule has 0 radical (unpaired) electrons. The van der Waals surface area contributed by atoms with Gasteiger partial charge in [0.05, 0.1) is 6.54 Å². The van der Waals surface area contributed by atoms with Crippen LogP contribution in [0.25, 0.3) is 0 Å². The average Bonchev–Trinajstić information content (AvgIpc) is 2.63. The van der Waals surface area contributed by atoms with Crippen LogP contribution in [0.3, 0.4) is 0 Å². The lowest BCUT2D eigenvalue weighted by atomic mass is 10.5. The Balaban J connectivity index is 2.40. The molecule has 0 saturated heterocycles. The van der Waals surface area contributed by atoms with Gasteiger partial charge in [-0.05, 0) is 13.8 Å². The number of nitrogens with zero attached hydrogens (tertiary/aromatic N) is 3. The molecule has 1 N–H and O–H groups in total. The molecule has 2 amide bonds. The van der Waals surface area contributed by atoms with E-state index in [4.69, 9.17) is 4.42 Å². The van der Waals surface area contributed by atoms with Gasteiger partial charge in [0.15, 0.2) is 0 Å². The number of hydrogen-bond donors (Lipinski definition) is 1. The van der Waals surface area contributed by atoms with Crippen molar-refractivity contribution < 1.29 is 9.21 Å². The number of rotatable bonds is 4. The number of nitrogens with one attached hydrogen (secondary N) is 1. The van der Waals surface area contributed by atoms with E-state index in [2.05, 4.69) is 15.5 Å². The molecule has 0 spiro atoms. The van der Waals surface area contributed by atoms with E-state index in [1.165, 1.54) is 0 Å². The molecule has 1 heterocycles. The maximum atomic E-state index is 11.5. The van der Waals surface area contributed by atoms with Crippen LogP contribution in [0, 0.1) is 6.92 Å². The summed E-state index contributed by atoms with van der Waals surface area (Å²) in [5, 5.41) is 10.2. The van der Waals surface area contributed by atoms with E-state index in [9.17, 15) is 4.79 Å². The summed E-state index contributed by atoms with van der Waals surface area (Å²) in [6, 6.07) is -0.115. The van der Waals surface area contributed by atoms with Crippen molar-refractivity contribution in [1.82, 2.24) is 20.4 Å². The van der Waals surface area contributed by atoms with Crippen molar-refractivity contribution >= 4 is 6.03 Å². The molecule has 6 heteroatoms. The average molecular weight is 212 g/mol. The highest BCUT2D eigenvalue weighted by Gasteiger charge is 2.10. The molecule has 1 aromatic rings. The highest BCUT2D eigenvalue weighted by Crippen LogP contribution is 1.97. The van der Waals surface area contributed by atoms with Crippen molar-refractivity contribution in [3.05, 3.63) is 11.8 Å². The van der Waals surface area contributed by atoms with E-state index < -0.39 is 0 Å². The summed E-state index contributed by atoms with van der Waals surface area (Å²) in [6.45, 7) is 7.22. The summed E-state index contributed by atoms with van der Waals surface area (Å²) >= 11 is 0. The third kappa shape index (κ3) is 3.23. The van der Waals surface area contributed by atoms with Gasteiger partial charge < -0.3 is 14.6 Å². The van der Waals surface area contributed by atoms with E-state index >= 15 is 0 Å². The lowest BCUT2D eigenvalue weighted by molar-refractivity contribution is 0.201. The van der Waals surface area contributed by atoms with Crippen LogP contribution < -0.4 is 5.32 Å². The summed E-state index contributed by atoms with van der Waals surface area (Å²) in [5.41, 5.74) is 0. The molecule has 6 nitrogen and oxygen atoms in total. The first-order valence-corrected chi connectivity index (χ1v) is 4.99. The van der Waals surface area contributed by atoms with Gasteiger partial charge in [-0.3, -0.25) is 0 Å². The maximum absolute atomic E-state index is 11.5. The van der Waals surface area contributed by atoms with Gasteiger partial charge in [0, 0.05) is 20.0 Å². The fourth-order valence-electron chi connectivity index (χ4n) is 1.18. The lowest BCUT2D eigenvalue weighted by Crippen LogP contribution is -2.39. The van der Waals surface area contributed by atoms with E-state index in [0.29, 0.717) is 24.9 Å². The fourth-order valence-corrected chi connectivity index (χ4v) is 1.18. The molecule has 0 aliphatic carbocycles. The standard InChI is InChI=1S/C9H16N4O2/c1-4-13(5-2)9(14)10-6-8-12-11-7(3)15-8/h4-6H2,1-3H3,(H,10,14).